The summed E-state index contributed by atoms with van der Waals surface area (Å²) in [7, 11) is 2.01. The predicted molar refractivity (Wildman–Crippen MR) is 107 cm³/mol. The summed E-state index contributed by atoms with van der Waals surface area (Å²) < 4.78 is 4.40. The topological polar surface area (TPSA) is 62.7 Å². The lowest BCUT2D eigenvalue weighted by Gasteiger charge is -2.16. The van der Waals surface area contributed by atoms with E-state index in [0.717, 1.165) is 23.5 Å². The molecule has 136 valence electrons. The zero-order valence-corrected chi connectivity index (χ0v) is 15.9. The standard InChI is InChI=1S/C20H20N6S/c1-3-11-25-19(18-5-4-10-22-13-18)23-26(20(25)27)15-24(2)14-17-8-6-16(12-21)7-9-17/h3-10,13H,1,11,14-15H2,2H3. The molecule has 0 aliphatic carbocycles. The van der Waals surface area contributed by atoms with Crippen molar-refractivity contribution in [2.75, 3.05) is 7.05 Å². The first-order chi connectivity index (χ1) is 13.1. The summed E-state index contributed by atoms with van der Waals surface area (Å²) in [5, 5.41) is 13.6. The molecular formula is C20H20N6S. The van der Waals surface area contributed by atoms with Gasteiger partial charge in [0.15, 0.2) is 10.6 Å². The summed E-state index contributed by atoms with van der Waals surface area (Å²) in [5.74, 6) is 0.778. The second kappa shape index (κ2) is 8.54. The number of hydrogen-bond acceptors (Lipinski definition) is 5. The molecule has 0 N–H and O–H groups in total. The molecule has 0 unspecified atom stereocenters. The van der Waals surface area contributed by atoms with Gasteiger partial charge in [0.2, 0.25) is 0 Å². The van der Waals surface area contributed by atoms with Gasteiger partial charge in [-0.1, -0.05) is 18.2 Å². The Morgan fingerprint density at radius 1 is 1.30 bits per heavy atom. The first-order valence-electron chi connectivity index (χ1n) is 8.49. The van der Waals surface area contributed by atoms with Gasteiger partial charge in [-0.2, -0.15) is 10.4 Å². The van der Waals surface area contributed by atoms with E-state index >= 15 is 0 Å². The van der Waals surface area contributed by atoms with Crippen molar-refractivity contribution in [1.29, 1.82) is 5.26 Å². The second-order valence-electron chi connectivity index (χ2n) is 6.21. The first-order valence-corrected chi connectivity index (χ1v) is 8.89. The molecule has 0 amide bonds. The number of allylic oxidation sites excluding steroid dienone is 1. The van der Waals surface area contributed by atoms with Gasteiger partial charge >= 0.3 is 0 Å². The van der Waals surface area contributed by atoms with Crippen molar-refractivity contribution in [3.8, 4) is 17.5 Å². The van der Waals surface area contributed by atoms with Gasteiger partial charge in [-0.3, -0.25) is 14.5 Å². The van der Waals surface area contributed by atoms with Crippen molar-refractivity contribution in [3.05, 3.63) is 77.3 Å². The molecule has 1 aromatic carbocycles. The van der Waals surface area contributed by atoms with Crippen molar-refractivity contribution in [2.24, 2.45) is 0 Å². The van der Waals surface area contributed by atoms with E-state index in [1.807, 2.05) is 58.8 Å². The summed E-state index contributed by atoms with van der Waals surface area (Å²) in [6, 6.07) is 13.6. The van der Waals surface area contributed by atoms with Gasteiger partial charge in [-0.25, -0.2) is 4.68 Å². The quantitative estimate of drug-likeness (QED) is 0.465. The number of aromatic nitrogens is 4. The number of benzene rings is 1. The van der Waals surface area contributed by atoms with Crippen molar-refractivity contribution >= 4 is 12.2 Å². The van der Waals surface area contributed by atoms with Gasteiger partial charge < -0.3 is 0 Å². The van der Waals surface area contributed by atoms with E-state index in [1.165, 1.54) is 0 Å². The van der Waals surface area contributed by atoms with E-state index in [0.29, 0.717) is 23.5 Å². The predicted octanol–water partition coefficient (Wildman–Crippen LogP) is 3.62. The third-order valence-corrected chi connectivity index (χ3v) is 4.50. The molecular weight excluding hydrogens is 356 g/mol. The molecule has 0 radical (unpaired) electrons. The first kappa shape index (κ1) is 18.7. The number of rotatable bonds is 7. The smallest absolute Gasteiger partial charge is 0.199 e. The average molecular weight is 376 g/mol. The minimum atomic E-state index is 0.552. The largest absolute Gasteiger partial charge is 0.296 e. The van der Waals surface area contributed by atoms with Gasteiger partial charge in [0.25, 0.3) is 0 Å². The van der Waals surface area contributed by atoms with Crippen LogP contribution in [0.4, 0.5) is 0 Å². The lowest BCUT2D eigenvalue weighted by molar-refractivity contribution is 0.244. The number of pyridine rings is 1. The van der Waals surface area contributed by atoms with Crippen LogP contribution < -0.4 is 0 Å². The molecule has 6 nitrogen and oxygen atoms in total. The van der Waals surface area contributed by atoms with E-state index < -0.39 is 0 Å². The average Bonchev–Trinajstić information content (AvgIpc) is 2.99. The lowest BCUT2D eigenvalue weighted by atomic mass is 10.1. The maximum atomic E-state index is 8.90. The van der Waals surface area contributed by atoms with Gasteiger partial charge in [-0.05, 0) is 49.1 Å². The minimum absolute atomic E-state index is 0.552. The molecule has 0 saturated carbocycles. The SMILES string of the molecule is C=CCn1c(-c2cccnc2)nn(CN(C)Cc2ccc(C#N)cc2)c1=S. The highest BCUT2D eigenvalue weighted by Gasteiger charge is 2.13. The van der Waals surface area contributed by atoms with Crippen LogP contribution >= 0.6 is 12.2 Å². The van der Waals surface area contributed by atoms with E-state index in [1.54, 1.807) is 12.4 Å². The maximum Gasteiger partial charge on any atom is 0.199 e. The minimum Gasteiger partial charge on any atom is -0.296 e. The fourth-order valence-corrected chi connectivity index (χ4v) is 3.07. The molecule has 0 fully saturated rings. The van der Waals surface area contributed by atoms with Gasteiger partial charge in [0.1, 0.15) is 0 Å². The van der Waals surface area contributed by atoms with E-state index in [9.17, 15) is 0 Å². The van der Waals surface area contributed by atoms with Gasteiger partial charge in [-0.15, -0.1) is 6.58 Å². The highest BCUT2D eigenvalue weighted by molar-refractivity contribution is 7.71. The zero-order chi connectivity index (χ0) is 19.2. The molecule has 7 heteroatoms. The number of hydrogen-bond donors (Lipinski definition) is 0. The van der Waals surface area contributed by atoms with Crippen LogP contribution in [0, 0.1) is 16.1 Å². The summed E-state index contributed by atoms with van der Waals surface area (Å²) in [4.78, 5) is 6.30. The van der Waals surface area contributed by atoms with Crippen molar-refractivity contribution in [1.82, 2.24) is 24.2 Å². The zero-order valence-electron chi connectivity index (χ0n) is 15.1. The molecule has 27 heavy (non-hydrogen) atoms. The Balaban J connectivity index is 1.82. The van der Waals surface area contributed by atoms with E-state index in [2.05, 4.69) is 22.5 Å². The third-order valence-electron chi connectivity index (χ3n) is 4.07. The van der Waals surface area contributed by atoms with Crippen molar-refractivity contribution in [2.45, 2.75) is 19.8 Å². The molecule has 0 bridgehead atoms. The van der Waals surface area contributed by atoms with Crippen LogP contribution in [0.25, 0.3) is 11.4 Å². The molecule has 0 spiro atoms. The van der Waals surface area contributed by atoms with Gasteiger partial charge in [0, 0.05) is 31.0 Å². The molecule has 0 saturated heterocycles. The Morgan fingerprint density at radius 3 is 2.70 bits per heavy atom. The van der Waals surface area contributed by atoms with Crippen LogP contribution in [0.5, 0.6) is 0 Å². The summed E-state index contributed by atoms with van der Waals surface area (Å²) in [6.07, 6.45) is 5.32. The molecule has 3 aromatic rings. The highest BCUT2D eigenvalue weighted by atomic mass is 32.1. The normalized spacial score (nSPS) is 10.7. The van der Waals surface area contributed by atoms with Gasteiger partial charge in [0.05, 0.1) is 18.3 Å². The fourth-order valence-electron chi connectivity index (χ4n) is 2.81. The van der Waals surface area contributed by atoms with Crippen molar-refractivity contribution in [3.63, 3.8) is 0 Å². The summed E-state index contributed by atoms with van der Waals surface area (Å²) >= 11 is 5.63. The second-order valence-corrected chi connectivity index (χ2v) is 6.58. The van der Waals surface area contributed by atoms with Crippen LogP contribution in [-0.4, -0.2) is 31.3 Å². The molecule has 2 heterocycles. The summed E-state index contributed by atoms with van der Waals surface area (Å²) in [6.45, 7) is 5.68. The van der Waals surface area contributed by atoms with E-state index in [4.69, 9.17) is 22.6 Å². The Labute approximate surface area is 163 Å². The Kier molecular flexibility index (Phi) is 5.91. The van der Waals surface area contributed by atoms with Crippen LogP contribution in [-0.2, 0) is 19.8 Å². The Hall–Kier alpha value is -3.08. The third kappa shape index (κ3) is 4.37. The molecule has 2 aromatic heterocycles. The van der Waals surface area contributed by atoms with Crippen LogP contribution in [0.15, 0.2) is 61.4 Å². The van der Waals surface area contributed by atoms with E-state index in [-0.39, 0.29) is 0 Å². The number of nitrogens with zero attached hydrogens (tertiary/aromatic N) is 6. The maximum absolute atomic E-state index is 8.90. The summed E-state index contributed by atoms with van der Waals surface area (Å²) in [5.41, 5.74) is 2.70. The Bertz CT molecular complexity index is 1010. The molecule has 3 rings (SSSR count). The lowest BCUT2D eigenvalue weighted by Crippen LogP contribution is -2.22. The van der Waals surface area contributed by atoms with Crippen LogP contribution in [0.2, 0.25) is 0 Å². The molecule has 0 aliphatic rings. The fraction of sp³-hybridized carbons (Fsp3) is 0.200. The highest BCUT2D eigenvalue weighted by Crippen LogP contribution is 2.18. The van der Waals surface area contributed by atoms with Crippen LogP contribution in [0.3, 0.4) is 0 Å². The monoisotopic (exact) mass is 376 g/mol. The van der Waals surface area contributed by atoms with Crippen molar-refractivity contribution < 1.29 is 0 Å². The van der Waals surface area contributed by atoms with Crippen LogP contribution in [0.1, 0.15) is 11.1 Å². The molecule has 0 atom stereocenters. The Morgan fingerprint density at radius 2 is 2.07 bits per heavy atom. The molecule has 0 aliphatic heterocycles. The number of nitriles is 1.